The molecule has 0 aliphatic carbocycles. The Kier molecular flexibility index (Phi) is 8.09. The summed E-state index contributed by atoms with van der Waals surface area (Å²) in [6.45, 7) is 9.75. The number of anilines is 1. The Morgan fingerprint density at radius 2 is 1.80 bits per heavy atom. The van der Waals surface area contributed by atoms with Crippen LogP contribution in [0, 0.1) is 0 Å². The van der Waals surface area contributed by atoms with Crippen LogP contribution in [0.4, 0.5) is 5.69 Å². The number of hydrogen-bond acceptors (Lipinski definition) is 3. The lowest BCUT2D eigenvalue weighted by molar-refractivity contribution is -0.131. The highest BCUT2D eigenvalue weighted by molar-refractivity contribution is 5.81. The van der Waals surface area contributed by atoms with E-state index in [1.807, 2.05) is 17.9 Å². The third kappa shape index (κ3) is 6.29. The van der Waals surface area contributed by atoms with Gasteiger partial charge in [0.2, 0.25) is 5.91 Å². The predicted octanol–water partition coefficient (Wildman–Crippen LogP) is 1.69. The van der Waals surface area contributed by atoms with Gasteiger partial charge in [-0.3, -0.25) is 9.79 Å². The molecule has 1 aromatic carbocycles. The van der Waals surface area contributed by atoms with Crippen LogP contribution in [0.15, 0.2) is 35.3 Å². The molecule has 1 aliphatic rings. The zero-order chi connectivity index (χ0) is 17.9. The van der Waals surface area contributed by atoms with E-state index in [1.54, 1.807) is 0 Å². The van der Waals surface area contributed by atoms with Gasteiger partial charge in [-0.2, -0.15) is 0 Å². The quantitative estimate of drug-likeness (QED) is 0.583. The smallest absolute Gasteiger partial charge is 0.224 e. The van der Waals surface area contributed by atoms with Gasteiger partial charge in [0.15, 0.2) is 5.96 Å². The molecule has 0 spiro atoms. The van der Waals surface area contributed by atoms with Crippen molar-refractivity contribution in [1.82, 2.24) is 15.5 Å². The van der Waals surface area contributed by atoms with Crippen molar-refractivity contribution >= 4 is 17.6 Å². The molecule has 1 amide bonds. The molecular formula is C19H31N5O. The number of nitrogens with zero attached hydrogens (tertiary/aromatic N) is 3. The predicted molar refractivity (Wildman–Crippen MR) is 104 cm³/mol. The van der Waals surface area contributed by atoms with E-state index >= 15 is 0 Å². The van der Waals surface area contributed by atoms with Crippen molar-refractivity contribution in [3.63, 3.8) is 0 Å². The molecule has 25 heavy (non-hydrogen) atoms. The second-order valence-electron chi connectivity index (χ2n) is 6.14. The number of nitrogens with one attached hydrogen (secondary N) is 2. The highest BCUT2D eigenvalue weighted by atomic mass is 16.2. The van der Waals surface area contributed by atoms with Crippen molar-refractivity contribution in [1.29, 1.82) is 0 Å². The van der Waals surface area contributed by atoms with Crippen LogP contribution in [0.25, 0.3) is 0 Å². The van der Waals surface area contributed by atoms with E-state index in [2.05, 4.69) is 51.7 Å². The molecule has 1 heterocycles. The van der Waals surface area contributed by atoms with E-state index in [0.29, 0.717) is 13.0 Å². The lowest BCUT2D eigenvalue weighted by atomic mass is 10.2. The topological polar surface area (TPSA) is 60.0 Å². The first-order chi connectivity index (χ1) is 12.2. The number of rotatable bonds is 7. The van der Waals surface area contributed by atoms with E-state index < -0.39 is 0 Å². The van der Waals surface area contributed by atoms with E-state index in [1.165, 1.54) is 5.69 Å². The minimum absolute atomic E-state index is 0.214. The van der Waals surface area contributed by atoms with Gasteiger partial charge in [0.25, 0.3) is 0 Å². The third-order valence-corrected chi connectivity index (χ3v) is 4.22. The van der Waals surface area contributed by atoms with Gasteiger partial charge in [0.1, 0.15) is 0 Å². The van der Waals surface area contributed by atoms with Crippen LogP contribution in [0.1, 0.15) is 26.7 Å². The summed E-state index contributed by atoms with van der Waals surface area (Å²) in [5.41, 5.74) is 1.23. The average Bonchev–Trinajstić information content (AvgIpc) is 2.67. The summed E-state index contributed by atoms with van der Waals surface area (Å²) in [7, 11) is 0. The van der Waals surface area contributed by atoms with Crippen LogP contribution in [-0.4, -0.2) is 62.6 Å². The zero-order valence-electron chi connectivity index (χ0n) is 15.5. The first-order valence-corrected chi connectivity index (χ1v) is 9.34. The van der Waals surface area contributed by atoms with Gasteiger partial charge in [0.05, 0.1) is 0 Å². The van der Waals surface area contributed by atoms with Gasteiger partial charge < -0.3 is 20.4 Å². The monoisotopic (exact) mass is 345 g/mol. The minimum atomic E-state index is 0.214. The molecule has 6 heteroatoms. The summed E-state index contributed by atoms with van der Waals surface area (Å²) in [6, 6.07) is 10.4. The Labute approximate surface area is 151 Å². The number of amides is 1. The first-order valence-electron chi connectivity index (χ1n) is 9.34. The van der Waals surface area contributed by atoms with Crippen molar-refractivity contribution in [2.75, 3.05) is 50.7 Å². The Hall–Kier alpha value is -2.24. The first kappa shape index (κ1) is 19.1. The number of para-hydroxylation sites is 1. The number of aliphatic imine (C=N–C) groups is 1. The SMILES string of the molecule is CCCN=C(NCC)NCCC(=O)N1CCN(c2ccccc2)CC1. The van der Waals surface area contributed by atoms with Crippen LogP contribution in [-0.2, 0) is 4.79 Å². The van der Waals surface area contributed by atoms with Crippen LogP contribution in [0.3, 0.4) is 0 Å². The number of guanidine groups is 1. The summed E-state index contributed by atoms with van der Waals surface area (Å²) in [4.78, 5) is 21.2. The fraction of sp³-hybridized carbons (Fsp3) is 0.579. The second kappa shape index (κ2) is 10.6. The van der Waals surface area contributed by atoms with Crippen molar-refractivity contribution in [3.8, 4) is 0 Å². The maximum absolute atomic E-state index is 12.4. The molecule has 0 radical (unpaired) electrons. The molecule has 0 saturated carbocycles. The molecule has 1 fully saturated rings. The van der Waals surface area contributed by atoms with Crippen LogP contribution in [0.5, 0.6) is 0 Å². The number of benzene rings is 1. The van der Waals surface area contributed by atoms with Gasteiger partial charge in [-0.15, -0.1) is 0 Å². The van der Waals surface area contributed by atoms with Crippen LogP contribution < -0.4 is 15.5 Å². The van der Waals surface area contributed by atoms with Gasteiger partial charge in [-0.05, 0) is 25.5 Å². The van der Waals surface area contributed by atoms with Crippen molar-refractivity contribution in [2.24, 2.45) is 4.99 Å². The summed E-state index contributed by atoms with van der Waals surface area (Å²) in [6.07, 6.45) is 1.52. The molecular weight excluding hydrogens is 314 g/mol. The second-order valence-corrected chi connectivity index (χ2v) is 6.14. The summed E-state index contributed by atoms with van der Waals surface area (Å²) in [5.74, 6) is 1.01. The fourth-order valence-electron chi connectivity index (χ4n) is 2.86. The van der Waals surface area contributed by atoms with Gasteiger partial charge in [0, 0.05) is 57.9 Å². The lowest BCUT2D eigenvalue weighted by Crippen LogP contribution is -2.49. The van der Waals surface area contributed by atoms with Gasteiger partial charge in [-0.1, -0.05) is 25.1 Å². The third-order valence-electron chi connectivity index (χ3n) is 4.22. The average molecular weight is 345 g/mol. The Morgan fingerprint density at radius 1 is 1.08 bits per heavy atom. The molecule has 6 nitrogen and oxygen atoms in total. The highest BCUT2D eigenvalue weighted by Crippen LogP contribution is 2.15. The summed E-state index contributed by atoms with van der Waals surface area (Å²) < 4.78 is 0. The molecule has 1 aliphatic heterocycles. The number of piperazine rings is 1. The Bertz CT molecular complexity index is 538. The largest absolute Gasteiger partial charge is 0.368 e. The minimum Gasteiger partial charge on any atom is -0.368 e. The molecule has 0 bridgehead atoms. The Morgan fingerprint density at radius 3 is 2.44 bits per heavy atom. The van der Waals surface area contributed by atoms with E-state index in [4.69, 9.17) is 0 Å². The molecule has 2 N–H and O–H groups in total. The van der Waals surface area contributed by atoms with Crippen molar-refractivity contribution in [2.45, 2.75) is 26.7 Å². The summed E-state index contributed by atoms with van der Waals surface area (Å²) in [5, 5.41) is 6.44. The van der Waals surface area contributed by atoms with Crippen LogP contribution in [0.2, 0.25) is 0 Å². The number of carbonyl (C=O) groups excluding carboxylic acids is 1. The number of hydrogen-bond donors (Lipinski definition) is 2. The van der Waals surface area contributed by atoms with E-state index in [0.717, 1.165) is 51.6 Å². The lowest BCUT2D eigenvalue weighted by Gasteiger charge is -2.36. The standard InChI is InChI=1S/C19H31N5O/c1-3-11-21-19(20-4-2)22-12-10-18(25)24-15-13-23(14-16-24)17-8-6-5-7-9-17/h5-9H,3-4,10-16H2,1-2H3,(H2,20,21,22). The van der Waals surface area contributed by atoms with Gasteiger partial charge >= 0.3 is 0 Å². The van der Waals surface area contributed by atoms with Crippen molar-refractivity contribution in [3.05, 3.63) is 30.3 Å². The molecule has 0 atom stereocenters. The van der Waals surface area contributed by atoms with Gasteiger partial charge in [-0.25, -0.2) is 0 Å². The zero-order valence-corrected chi connectivity index (χ0v) is 15.5. The Balaban J connectivity index is 1.71. The molecule has 0 aromatic heterocycles. The molecule has 1 saturated heterocycles. The van der Waals surface area contributed by atoms with Crippen LogP contribution >= 0.6 is 0 Å². The maximum Gasteiger partial charge on any atom is 0.224 e. The fourth-order valence-corrected chi connectivity index (χ4v) is 2.86. The molecule has 2 rings (SSSR count). The normalized spacial score (nSPS) is 15.2. The maximum atomic E-state index is 12.4. The van der Waals surface area contributed by atoms with E-state index in [-0.39, 0.29) is 5.91 Å². The van der Waals surface area contributed by atoms with Crippen molar-refractivity contribution < 1.29 is 4.79 Å². The highest BCUT2D eigenvalue weighted by Gasteiger charge is 2.20. The molecule has 1 aromatic rings. The molecule has 138 valence electrons. The molecule has 0 unspecified atom stereocenters. The van der Waals surface area contributed by atoms with E-state index in [9.17, 15) is 4.79 Å². The summed E-state index contributed by atoms with van der Waals surface area (Å²) >= 11 is 0. The number of carbonyl (C=O) groups is 1.